The highest BCUT2D eigenvalue weighted by atomic mass is 32.2. The van der Waals surface area contributed by atoms with Crippen molar-refractivity contribution >= 4 is 10.2 Å². The Morgan fingerprint density at radius 3 is 2.18 bits per heavy atom. The third kappa shape index (κ3) is 3.64. The van der Waals surface area contributed by atoms with Crippen LogP contribution in [-0.4, -0.2) is 49.8 Å². The summed E-state index contributed by atoms with van der Waals surface area (Å²) in [6, 6.07) is 0. The first-order valence-corrected chi connectivity index (χ1v) is 7.91. The maximum atomic E-state index is 12.2. The van der Waals surface area contributed by atoms with Crippen LogP contribution in [0.5, 0.6) is 0 Å². The van der Waals surface area contributed by atoms with E-state index in [4.69, 9.17) is 5.73 Å². The van der Waals surface area contributed by atoms with Crippen LogP contribution >= 0.6 is 0 Å². The molecule has 102 valence electrons. The Labute approximate surface area is 105 Å². The number of piperidine rings is 1. The number of hydrogen-bond acceptors (Lipinski definition) is 3. The van der Waals surface area contributed by atoms with Crippen molar-refractivity contribution in [3.63, 3.8) is 0 Å². The Bertz CT molecular complexity index is 307. The summed E-state index contributed by atoms with van der Waals surface area (Å²) in [6.07, 6.45) is 2.90. The van der Waals surface area contributed by atoms with Crippen LogP contribution in [0.1, 0.15) is 33.1 Å². The van der Waals surface area contributed by atoms with Crippen LogP contribution in [0.15, 0.2) is 0 Å². The Kier molecular flexibility index (Phi) is 5.85. The van der Waals surface area contributed by atoms with Gasteiger partial charge in [-0.25, -0.2) is 0 Å². The van der Waals surface area contributed by atoms with Crippen molar-refractivity contribution in [3.05, 3.63) is 0 Å². The van der Waals surface area contributed by atoms with E-state index >= 15 is 0 Å². The van der Waals surface area contributed by atoms with E-state index in [2.05, 4.69) is 0 Å². The van der Waals surface area contributed by atoms with Gasteiger partial charge in [0.2, 0.25) is 0 Å². The molecule has 0 spiro atoms. The van der Waals surface area contributed by atoms with Gasteiger partial charge in [0.25, 0.3) is 10.2 Å². The molecular weight excluding hydrogens is 238 g/mol. The summed E-state index contributed by atoms with van der Waals surface area (Å²) in [5, 5.41) is 0. The topological polar surface area (TPSA) is 66.6 Å². The molecule has 1 heterocycles. The second-order valence-corrected chi connectivity index (χ2v) is 6.44. The van der Waals surface area contributed by atoms with Crippen molar-refractivity contribution in [2.75, 3.05) is 32.7 Å². The summed E-state index contributed by atoms with van der Waals surface area (Å²) >= 11 is 0. The van der Waals surface area contributed by atoms with Crippen molar-refractivity contribution in [1.82, 2.24) is 8.61 Å². The molecule has 1 saturated heterocycles. The SMILES string of the molecule is CCN(CC)S(=O)(=O)N1CCC(CCN)CC1. The minimum absolute atomic E-state index is 0.543. The molecule has 0 saturated carbocycles. The fourth-order valence-electron chi connectivity index (χ4n) is 2.38. The van der Waals surface area contributed by atoms with E-state index in [1.165, 1.54) is 4.31 Å². The zero-order valence-electron chi connectivity index (χ0n) is 10.9. The molecule has 1 aliphatic rings. The average molecular weight is 263 g/mol. The molecule has 17 heavy (non-hydrogen) atoms. The Morgan fingerprint density at radius 2 is 1.76 bits per heavy atom. The molecule has 2 N–H and O–H groups in total. The highest BCUT2D eigenvalue weighted by Gasteiger charge is 2.30. The summed E-state index contributed by atoms with van der Waals surface area (Å²) in [5.74, 6) is 0.600. The molecular formula is C11H25N3O2S. The van der Waals surface area contributed by atoms with E-state index < -0.39 is 10.2 Å². The fourth-order valence-corrected chi connectivity index (χ4v) is 4.03. The third-order valence-electron chi connectivity index (χ3n) is 3.51. The monoisotopic (exact) mass is 263 g/mol. The fraction of sp³-hybridized carbons (Fsp3) is 1.00. The van der Waals surface area contributed by atoms with Crippen LogP contribution in [0.2, 0.25) is 0 Å². The smallest absolute Gasteiger partial charge is 0.281 e. The summed E-state index contributed by atoms with van der Waals surface area (Å²) in [5.41, 5.74) is 5.53. The van der Waals surface area contributed by atoms with Crippen LogP contribution < -0.4 is 5.73 Å². The maximum absolute atomic E-state index is 12.2. The van der Waals surface area contributed by atoms with Gasteiger partial charge >= 0.3 is 0 Å². The van der Waals surface area contributed by atoms with Gasteiger partial charge in [0, 0.05) is 26.2 Å². The van der Waals surface area contributed by atoms with E-state index in [-0.39, 0.29) is 0 Å². The highest BCUT2D eigenvalue weighted by molar-refractivity contribution is 7.86. The number of nitrogens with zero attached hydrogens (tertiary/aromatic N) is 2. The largest absolute Gasteiger partial charge is 0.330 e. The van der Waals surface area contributed by atoms with E-state index in [0.29, 0.717) is 38.6 Å². The van der Waals surface area contributed by atoms with Crippen molar-refractivity contribution in [3.8, 4) is 0 Å². The molecule has 6 heteroatoms. The molecule has 0 aromatic heterocycles. The number of hydrogen-bond donors (Lipinski definition) is 1. The van der Waals surface area contributed by atoms with Gasteiger partial charge in [-0.2, -0.15) is 17.0 Å². The first kappa shape index (κ1) is 14.9. The van der Waals surface area contributed by atoms with Gasteiger partial charge in [-0.1, -0.05) is 13.8 Å². The van der Waals surface area contributed by atoms with Gasteiger partial charge in [-0.3, -0.25) is 0 Å². The van der Waals surface area contributed by atoms with Crippen molar-refractivity contribution in [1.29, 1.82) is 0 Å². The standard InChI is InChI=1S/C11H25N3O2S/c1-3-13(4-2)17(15,16)14-9-6-11(5-8-12)7-10-14/h11H,3-10,12H2,1-2H3. The lowest BCUT2D eigenvalue weighted by Crippen LogP contribution is -2.47. The molecule has 0 aromatic rings. The van der Waals surface area contributed by atoms with Crippen molar-refractivity contribution in [2.45, 2.75) is 33.1 Å². The minimum Gasteiger partial charge on any atom is -0.330 e. The number of rotatable bonds is 6. The van der Waals surface area contributed by atoms with Gasteiger partial charge < -0.3 is 5.73 Å². The van der Waals surface area contributed by atoms with E-state index in [1.54, 1.807) is 4.31 Å². The predicted molar refractivity (Wildman–Crippen MR) is 69.8 cm³/mol. The van der Waals surface area contributed by atoms with Crippen molar-refractivity contribution in [2.24, 2.45) is 11.7 Å². The van der Waals surface area contributed by atoms with Crippen LogP contribution in [0.4, 0.5) is 0 Å². The minimum atomic E-state index is -3.23. The maximum Gasteiger partial charge on any atom is 0.281 e. The first-order valence-electron chi connectivity index (χ1n) is 6.51. The molecule has 0 atom stereocenters. The summed E-state index contributed by atoms with van der Waals surface area (Å²) in [4.78, 5) is 0. The zero-order chi connectivity index (χ0) is 12.9. The molecule has 0 unspecified atom stereocenters. The summed E-state index contributed by atoms with van der Waals surface area (Å²) in [6.45, 7) is 6.83. The highest BCUT2D eigenvalue weighted by Crippen LogP contribution is 2.23. The third-order valence-corrected chi connectivity index (χ3v) is 5.69. The van der Waals surface area contributed by atoms with Gasteiger partial charge in [-0.05, 0) is 31.7 Å². The van der Waals surface area contributed by atoms with Crippen LogP contribution in [0.25, 0.3) is 0 Å². The van der Waals surface area contributed by atoms with Crippen LogP contribution in [0, 0.1) is 5.92 Å². The Hall–Kier alpha value is -0.170. The molecule has 1 fully saturated rings. The molecule has 5 nitrogen and oxygen atoms in total. The van der Waals surface area contributed by atoms with Gasteiger partial charge in [0.15, 0.2) is 0 Å². The first-order chi connectivity index (χ1) is 8.06. The Morgan fingerprint density at radius 1 is 1.24 bits per heavy atom. The lowest BCUT2D eigenvalue weighted by molar-refractivity contribution is 0.250. The molecule has 0 aromatic carbocycles. The van der Waals surface area contributed by atoms with Gasteiger partial charge in [-0.15, -0.1) is 0 Å². The van der Waals surface area contributed by atoms with Crippen LogP contribution in [-0.2, 0) is 10.2 Å². The molecule has 0 aliphatic carbocycles. The predicted octanol–water partition coefficient (Wildman–Crippen LogP) is 0.634. The Balaban J connectivity index is 2.58. The summed E-state index contributed by atoms with van der Waals surface area (Å²) < 4.78 is 27.6. The molecule has 0 radical (unpaired) electrons. The van der Waals surface area contributed by atoms with Crippen LogP contribution in [0.3, 0.4) is 0 Å². The lowest BCUT2D eigenvalue weighted by Gasteiger charge is -2.34. The van der Waals surface area contributed by atoms with E-state index in [9.17, 15) is 8.42 Å². The second kappa shape index (κ2) is 6.68. The average Bonchev–Trinajstić information content (AvgIpc) is 2.31. The lowest BCUT2D eigenvalue weighted by atomic mass is 9.95. The molecule has 1 rings (SSSR count). The quantitative estimate of drug-likeness (QED) is 0.764. The zero-order valence-corrected chi connectivity index (χ0v) is 11.7. The number of nitrogens with two attached hydrogens (primary N) is 1. The van der Waals surface area contributed by atoms with Gasteiger partial charge in [0.05, 0.1) is 0 Å². The van der Waals surface area contributed by atoms with E-state index in [0.717, 1.165) is 19.3 Å². The van der Waals surface area contributed by atoms with Crippen molar-refractivity contribution < 1.29 is 8.42 Å². The second-order valence-electron chi connectivity index (χ2n) is 4.51. The van der Waals surface area contributed by atoms with Gasteiger partial charge in [0.1, 0.15) is 0 Å². The molecule has 0 amide bonds. The molecule has 1 aliphatic heterocycles. The summed E-state index contributed by atoms with van der Waals surface area (Å²) in [7, 11) is -3.23. The molecule has 0 bridgehead atoms. The van der Waals surface area contributed by atoms with E-state index in [1.807, 2.05) is 13.8 Å². The normalized spacial score (nSPS) is 20.0.